The zero-order valence-electron chi connectivity index (χ0n) is 15.7. The van der Waals surface area contributed by atoms with Crippen LogP contribution in [0.1, 0.15) is 18.1 Å². The van der Waals surface area contributed by atoms with Crippen LogP contribution in [-0.4, -0.2) is 25.0 Å². The van der Waals surface area contributed by atoms with E-state index in [-0.39, 0.29) is 23.0 Å². The molecular weight excluding hydrogens is 410 g/mol. The Hall–Kier alpha value is -2.90. The van der Waals surface area contributed by atoms with Crippen LogP contribution in [0.3, 0.4) is 0 Å². The summed E-state index contributed by atoms with van der Waals surface area (Å²) >= 11 is 6.27. The van der Waals surface area contributed by atoms with E-state index in [2.05, 4.69) is 0 Å². The summed E-state index contributed by atoms with van der Waals surface area (Å²) in [4.78, 5) is 13.4. The van der Waals surface area contributed by atoms with E-state index in [9.17, 15) is 13.2 Å². The van der Waals surface area contributed by atoms with Gasteiger partial charge in [-0.2, -0.15) is 0 Å². The number of pyridine rings is 1. The number of nitrogen functional groups attached to an aromatic ring is 1. The Morgan fingerprint density at radius 1 is 1.10 bits per heavy atom. The van der Waals surface area contributed by atoms with Crippen LogP contribution in [-0.2, 0) is 16.4 Å². The van der Waals surface area contributed by atoms with E-state index in [1.54, 1.807) is 49.4 Å². The molecule has 0 spiro atoms. The van der Waals surface area contributed by atoms with Gasteiger partial charge in [0.1, 0.15) is 5.82 Å². The topological polar surface area (TPSA) is 106 Å². The van der Waals surface area contributed by atoms with Gasteiger partial charge in [-0.25, -0.2) is 8.42 Å². The number of nitrogens with one attached hydrogen (secondary N) is 1. The molecule has 2 aromatic carbocycles. The van der Waals surface area contributed by atoms with Crippen LogP contribution in [0.15, 0.2) is 64.3 Å². The average Bonchev–Trinajstić information content (AvgIpc) is 2.72. The molecule has 0 unspecified atom stereocenters. The number of nitrogens with two attached hydrogens (primary N) is 1. The summed E-state index contributed by atoms with van der Waals surface area (Å²) in [5, 5.41) is 8.06. The zero-order chi connectivity index (χ0) is 21.2. The molecule has 150 valence electrons. The minimum absolute atomic E-state index is 0.0425. The largest absolute Gasteiger partial charge is 0.384 e. The molecule has 0 radical (unpaired) electrons. The number of benzene rings is 2. The highest BCUT2D eigenvalue weighted by molar-refractivity contribution is 7.91. The first kappa shape index (κ1) is 20.8. The van der Waals surface area contributed by atoms with Crippen molar-refractivity contribution in [3.8, 4) is 11.1 Å². The molecule has 0 atom stereocenters. The fourth-order valence-corrected chi connectivity index (χ4v) is 4.48. The van der Waals surface area contributed by atoms with Gasteiger partial charge in [0.2, 0.25) is 0 Å². The molecule has 3 aromatic rings. The lowest BCUT2D eigenvalue weighted by Gasteiger charge is -2.17. The van der Waals surface area contributed by atoms with Crippen LogP contribution in [0.5, 0.6) is 0 Å². The van der Waals surface area contributed by atoms with E-state index in [0.717, 1.165) is 6.21 Å². The van der Waals surface area contributed by atoms with Crippen LogP contribution in [0.4, 0.5) is 5.82 Å². The Labute approximate surface area is 174 Å². The minimum atomic E-state index is -3.48. The van der Waals surface area contributed by atoms with E-state index in [1.165, 1.54) is 16.7 Å². The maximum Gasteiger partial charge on any atom is 0.260 e. The first-order chi connectivity index (χ1) is 13.8. The quantitative estimate of drug-likeness (QED) is 0.584. The summed E-state index contributed by atoms with van der Waals surface area (Å²) in [6.07, 6.45) is 1.06. The number of hydrogen-bond acceptors (Lipinski definition) is 5. The molecule has 0 saturated heterocycles. The summed E-state index contributed by atoms with van der Waals surface area (Å²) in [7, 11) is -3.48. The molecule has 0 aliphatic rings. The Bertz CT molecular complexity index is 1250. The molecule has 0 aliphatic carbocycles. The standard InChI is InChI=1S/C21H20ClN3O3S/c1-2-29(27,28)19-10-6-3-7-14(19)13-25-20(24)15(12-23)11-17(21(25)26)16-8-4-5-9-18(16)22/h3-12,23H,2,13,24H2,1H3. The van der Waals surface area contributed by atoms with Crippen molar-refractivity contribution in [1.82, 2.24) is 4.57 Å². The molecule has 6 nitrogen and oxygen atoms in total. The molecule has 29 heavy (non-hydrogen) atoms. The summed E-state index contributed by atoms with van der Waals surface area (Å²) < 4.78 is 26.2. The second kappa shape index (κ2) is 8.23. The highest BCUT2D eigenvalue weighted by Crippen LogP contribution is 2.27. The van der Waals surface area contributed by atoms with Crippen molar-refractivity contribution >= 4 is 33.5 Å². The predicted molar refractivity (Wildman–Crippen MR) is 117 cm³/mol. The Morgan fingerprint density at radius 3 is 2.41 bits per heavy atom. The number of nitrogens with zero attached hydrogens (tertiary/aromatic N) is 1. The lowest BCUT2D eigenvalue weighted by molar-refractivity contribution is 0.595. The van der Waals surface area contributed by atoms with Crippen molar-refractivity contribution in [3.05, 3.63) is 81.1 Å². The second-order valence-electron chi connectivity index (χ2n) is 6.43. The molecule has 3 rings (SSSR count). The van der Waals surface area contributed by atoms with Crippen molar-refractivity contribution in [2.24, 2.45) is 0 Å². The number of anilines is 1. The van der Waals surface area contributed by atoms with Crippen molar-refractivity contribution in [3.63, 3.8) is 0 Å². The fourth-order valence-electron chi connectivity index (χ4n) is 3.11. The highest BCUT2D eigenvalue weighted by atomic mass is 35.5. The first-order valence-electron chi connectivity index (χ1n) is 8.89. The lowest BCUT2D eigenvalue weighted by atomic mass is 10.0. The minimum Gasteiger partial charge on any atom is -0.384 e. The van der Waals surface area contributed by atoms with Crippen LogP contribution in [0.2, 0.25) is 5.02 Å². The van der Waals surface area contributed by atoms with Crippen LogP contribution in [0.25, 0.3) is 11.1 Å². The van der Waals surface area contributed by atoms with Gasteiger partial charge >= 0.3 is 0 Å². The number of rotatable bonds is 6. The highest BCUT2D eigenvalue weighted by Gasteiger charge is 2.19. The Morgan fingerprint density at radius 2 is 1.76 bits per heavy atom. The number of aromatic nitrogens is 1. The molecule has 1 aromatic heterocycles. The fraction of sp³-hybridized carbons (Fsp3) is 0.143. The van der Waals surface area contributed by atoms with Crippen molar-refractivity contribution in [2.75, 3.05) is 11.5 Å². The number of hydrogen-bond donors (Lipinski definition) is 2. The number of sulfone groups is 1. The molecular formula is C21H20ClN3O3S. The van der Waals surface area contributed by atoms with Gasteiger partial charge in [-0.3, -0.25) is 9.36 Å². The van der Waals surface area contributed by atoms with Crippen molar-refractivity contribution in [1.29, 1.82) is 5.41 Å². The van der Waals surface area contributed by atoms with Gasteiger partial charge in [-0.15, -0.1) is 0 Å². The van der Waals surface area contributed by atoms with Crippen molar-refractivity contribution in [2.45, 2.75) is 18.4 Å². The van der Waals surface area contributed by atoms with Crippen LogP contribution < -0.4 is 11.3 Å². The monoisotopic (exact) mass is 429 g/mol. The SMILES string of the molecule is CCS(=O)(=O)c1ccccc1Cn1c(N)c(C=N)cc(-c2ccccc2Cl)c1=O. The Kier molecular flexibility index (Phi) is 5.91. The Balaban J connectivity index is 2.25. The zero-order valence-corrected chi connectivity index (χ0v) is 17.3. The van der Waals surface area contributed by atoms with Gasteiger partial charge in [-0.05, 0) is 23.8 Å². The second-order valence-corrected chi connectivity index (χ2v) is 9.08. The van der Waals surface area contributed by atoms with E-state index >= 15 is 0 Å². The molecule has 0 saturated carbocycles. The normalized spacial score (nSPS) is 11.4. The van der Waals surface area contributed by atoms with Gasteiger partial charge in [0, 0.05) is 27.9 Å². The first-order valence-corrected chi connectivity index (χ1v) is 10.9. The van der Waals surface area contributed by atoms with E-state index < -0.39 is 15.4 Å². The lowest BCUT2D eigenvalue weighted by Crippen LogP contribution is -2.27. The van der Waals surface area contributed by atoms with Gasteiger partial charge in [0.25, 0.3) is 5.56 Å². The van der Waals surface area contributed by atoms with Gasteiger partial charge < -0.3 is 11.1 Å². The molecule has 8 heteroatoms. The maximum absolute atomic E-state index is 13.2. The molecule has 3 N–H and O–H groups in total. The van der Waals surface area contributed by atoms with Gasteiger partial charge in [-0.1, -0.05) is 54.9 Å². The number of halogens is 1. The van der Waals surface area contributed by atoms with E-state index in [1.807, 2.05) is 0 Å². The molecule has 0 amide bonds. The predicted octanol–water partition coefficient (Wildman–Crippen LogP) is 3.59. The summed E-state index contributed by atoms with van der Waals surface area (Å²) in [6, 6.07) is 14.9. The van der Waals surface area contributed by atoms with Crippen molar-refractivity contribution < 1.29 is 8.42 Å². The van der Waals surface area contributed by atoms with E-state index in [0.29, 0.717) is 27.3 Å². The smallest absolute Gasteiger partial charge is 0.260 e. The molecule has 0 fully saturated rings. The molecule has 1 heterocycles. The summed E-state index contributed by atoms with van der Waals surface area (Å²) in [5.41, 5.74) is 7.34. The third-order valence-electron chi connectivity index (χ3n) is 4.70. The molecule has 0 bridgehead atoms. The van der Waals surface area contributed by atoms with E-state index in [4.69, 9.17) is 22.7 Å². The molecule has 0 aliphatic heterocycles. The van der Waals surface area contributed by atoms with Gasteiger partial charge in [0.05, 0.1) is 17.2 Å². The van der Waals surface area contributed by atoms with Gasteiger partial charge in [0.15, 0.2) is 9.84 Å². The maximum atomic E-state index is 13.2. The van der Waals surface area contributed by atoms with Crippen LogP contribution >= 0.6 is 11.6 Å². The summed E-state index contributed by atoms with van der Waals surface area (Å²) in [6.45, 7) is 1.52. The van der Waals surface area contributed by atoms with Crippen LogP contribution in [0, 0.1) is 5.41 Å². The third-order valence-corrected chi connectivity index (χ3v) is 6.86. The third kappa shape index (κ3) is 3.97. The average molecular weight is 430 g/mol. The summed E-state index contributed by atoms with van der Waals surface area (Å²) in [5.74, 6) is 0.0318.